The average Bonchev–Trinajstić information content (AvgIpc) is 3.26. The minimum atomic E-state index is -0.992. The zero-order valence-corrected chi connectivity index (χ0v) is 38.7. The van der Waals surface area contributed by atoms with Crippen LogP contribution in [0.4, 0.5) is 0 Å². The highest BCUT2D eigenvalue weighted by Gasteiger charge is 2.48. The molecule has 2 heterocycles. The normalized spacial score (nSPS) is 13.5. The van der Waals surface area contributed by atoms with Crippen molar-refractivity contribution in [2.24, 2.45) is 16.9 Å². The fourth-order valence-electron chi connectivity index (χ4n) is 8.05. The van der Waals surface area contributed by atoms with E-state index in [0.717, 1.165) is 45.9 Å². The van der Waals surface area contributed by atoms with Crippen LogP contribution in [-0.2, 0) is 27.1 Å². The first-order valence-electron chi connectivity index (χ1n) is 22.5. The van der Waals surface area contributed by atoms with Crippen LogP contribution in [0.1, 0.15) is 85.3 Å². The molecule has 0 radical (unpaired) electrons. The van der Waals surface area contributed by atoms with Gasteiger partial charge < -0.3 is 44.4 Å². The first-order chi connectivity index (χ1) is 30.9. The zero-order chi connectivity index (χ0) is 46.9. The lowest BCUT2D eigenvalue weighted by Crippen LogP contribution is -2.58. The smallest absolute Gasteiger partial charge is 0.344 e. The number of carbonyl (C=O) groups excluding carboxylic acids is 1. The van der Waals surface area contributed by atoms with Gasteiger partial charge >= 0.3 is 17.2 Å². The van der Waals surface area contributed by atoms with Crippen LogP contribution in [0.15, 0.2) is 115 Å². The third kappa shape index (κ3) is 12.3. The molecule has 0 spiro atoms. The van der Waals surface area contributed by atoms with Gasteiger partial charge in [0.1, 0.15) is 42.0 Å². The van der Waals surface area contributed by atoms with Crippen LogP contribution in [0.3, 0.4) is 0 Å². The van der Waals surface area contributed by atoms with Gasteiger partial charge in [-0.05, 0) is 132 Å². The Hall–Kier alpha value is -5.79. The van der Waals surface area contributed by atoms with Crippen LogP contribution in [0, 0.1) is 5.41 Å². The molecule has 0 saturated heterocycles. The second-order valence-electron chi connectivity index (χ2n) is 18.4. The minimum absolute atomic E-state index is 0.0224. The second-order valence-corrected chi connectivity index (χ2v) is 18.4. The molecule has 0 bridgehead atoms. The summed E-state index contributed by atoms with van der Waals surface area (Å²) in [6.45, 7) is 13.4. The maximum atomic E-state index is 13.2. The van der Waals surface area contributed by atoms with Crippen molar-refractivity contribution in [3.63, 3.8) is 0 Å². The van der Waals surface area contributed by atoms with E-state index < -0.39 is 45.9 Å². The fourth-order valence-corrected chi connectivity index (χ4v) is 8.05. The lowest BCUT2D eigenvalue weighted by molar-refractivity contribution is -0.160. The number of aliphatic hydroxyl groups is 1. The Kier molecular flexibility index (Phi) is 15.7. The third-order valence-electron chi connectivity index (χ3n) is 12.0. The Morgan fingerprint density at radius 1 is 0.662 bits per heavy atom. The molecule has 12 nitrogen and oxygen atoms in total. The Labute approximate surface area is 380 Å². The molecule has 346 valence electrons. The number of aryl methyl sites for hydroxylation is 2. The number of ether oxygens (including phenoxy) is 4. The Morgan fingerprint density at radius 3 is 1.62 bits per heavy atom. The zero-order valence-electron chi connectivity index (χ0n) is 38.7. The number of unbranched alkanes of at least 4 members (excludes halogenated alkanes) is 1. The molecule has 4 aromatic carbocycles. The molecule has 0 amide bonds. The molecule has 0 aliphatic carbocycles. The van der Waals surface area contributed by atoms with Crippen LogP contribution in [0.25, 0.3) is 44.2 Å². The number of nitrogens with two attached hydrogens (primary N) is 2. The molecule has 0 fully saturated rings. The Balaban J connectivity index is 1.12. The van der Waals surface area contributed by atoms with Crippen molar-refractivity contribution < 1.29 is 37.7 Å². The van der Waals surface area contributed by atoms with E-state index in [2.05, 4.69) is 0 Å². The van der Waals surface area contributed by atoms with E-state index in [9.17, 15) is 19.5 Å². The fraction of sp³-hybridized carbons (Fsp3) is 0.415. The molecule has 12 heteroatoms. The van der Waals surface area contributed by atoms with Crippen LogP contribution >= 0.6 is 0 Å². The maximum Gasteiger partial charge on any atom is 0.344 e. The molecule has 0 saturated carbocycles. The predicted molar refractivity (Wildman–Crippen MR) is 255 cm³/mol. The van der Waals surface area contributed by atoms with Crippen molar-refractivity contribution in [3.05, 3.63) is 129 Å². The van der Waals surface area contributed by atoms with Crippen molar-refractivity contribution in [2.75, 3.05) is 26.4 Å². The largest absolute Gasteiger partial charge is 0.491 e. The lowest BCUT2D eigenvalue weighted by atomic mass is 9.67. The van der Waals surface area contributed by atoms with Gasteiger partial charge in [0.15, 0.2) is 0 Å². The van der Waals surface area contributed by atoms with Crippen molar-refractivity contribution in [3.8, 4) is 33.8 Å². The van der Waals surface area contributed by atoms with E-state index in [1.165, 1.54) is 0 Å². The highest BCUT2D eigenvalue weighted by molar-refractivity contribution is 5.84. The number of hydrogen-bond acceptors (Lipinski definition) is 12. The quantitative estimate of drug-likeness (QED) is 0.0334. The monoisotopic (exact) mass is 888 g/mol. The van der Waals surface area contributed by atoms with Gasteiger partial charge in [0, 0.05) is 34.0 Å². The molecular formula is C53H64N2O10. The van der Waals surface area contributed by atoms with E-state index in [4.69, 9.17) is 39.2 Å². The first-order valence-corrected chi connectivity index (χ1v) is 22.5. The SMILES string of the molecule is CCc1ccccc1-c1cc2ccc(OCC(COc3ccc4cc(-c5ccccc5CC)c(=O)oc4c3)OCC(O)CCCCOC(=O)C(C)(CC(C)(C)N)C(C)(C)N)cc2oc1=O. The number of benzene rings is 4. The van der Waals surface area contributed by atoms with Crippen LogP contribution in [-0.4, -0.2) is 60.8 Å². The summed E-state index contributed by atoms with van der Waals surface area (Å²) in [6, 6.07) is 29.8. The number of rotatable bonds is 22. The minimum Gasteiger partial charge on any atom is -0.491 e. The van der Waals surface area contributed by atoms with Gasteiger partial charge in [-0.15, -0.1) is 0 Å². The number of esters is 1. The van der Waals surface area contributed by atoms with Gasteiger partial charge in [0.05, 0.1) is 35.9 Å². The first kappa shape index (κ1) is 48.7. The lowest BCUT2D eigenvalue weighted by Gasteiger charge is -2.42. The molecule has 2 unspecified atom stereocenters. The molecule has 2 aromatic heterocycles. The van der Waals surface area contributed by atoms with Gasteiger partial charge in [-0.1, -0.05) is 62.4 Å². The highest BCUT2D eigenvalue weighted by Crippen LogP contribution is 2.38. The van der Waals surface area contributed by atoms with Crippen LogP contribution < -0.4 is 32.2 Å². The summed E-state index contributed by atoms with van der Waals surface area (Å²) in [5.74, 6) is 0.494. The number of fused-ring (bicyclic) bond motifs is 2. The van der Waals surface area contributed by atoms with Crippen molar-refractivity contribution in [1.82, 2.24) is 0 Å². The summed E-state index contributed by atoms with van der Waals surface area (Å²) in [5, 5.41) is 12.5. The molecular weight excluding hydrogens is 825 g/mol. The molecule has 2 atom stereocenters. The molecule has 6 aromatic rings. The van der Waals surface area contributed by atoms with Crippen molar-refractivity contribution >= 4 is 27.9 Å². The van der Waals surface area contributed by atoms with Crippen molar-refractivity contribution in [2.45, 2.75) is 110 Å². The van der Waals surface area contributed by atoms with E-state index in [-0.39, 0.29) is 26.4 Å². The highest BCUT2D eigenvalue weighted by atomic mass is 16.6. The molecule has 6 rings (SSSR count). The Bertz CT molecular complexity index is 2540. The summed E-state index contributed by atoms with van der Waals surface area (Å²) in [6.07, 6.45) is 1.90. The molecule has 5 N–H and O–H groups in total. The molecule has 0 aliphatic heterocycles. The molecule has 65 heavy (non-hydrogen) atoms. The summed E-state index contributed by atoms with van der Waals surface area (Å²) >= 11 is 0. The summed E-state index contributed by atoms with van der Waals surface area (Å²) in [4.78, 5) is 39.6. The summed E-state index contributed by atoms with van der Waals surface area (Å²) in [7, 11) is 0. The summed E-state index contributed by atoms with van der Waals surface area (Å²) < 4.78 is 35.8. The van der Waals surface area contributed by atoms with Gasteiger partial charge in [0.25, 0.3) is 0 Å². The van der Waals surface area contributed by atoms with E-state index >= 15 is 0 Å². The Morgan fingerprint density at radius 2 is 1.15 bits per heavy atom. The van der Waals surface area contributed by atoms with Gasteiger partial charge in [-0.3, -0.25) is 4.79 Å². The standard InChI is InChI=1S/C53H64N2O10/c1-8-34-16-10-12-19-42(34)44-26-36-21-23-39(28-46(36)64-48(44)57)62-31-41(61-30-38(56)18-14-15-25-60-50(59)53(7,52(5,6)55)33-51(3,4)54)32-63-40-24-22-37-27-45(49(58)65-47(37)29-40)43-20-13-11-17-35(43)9-2/h10-13,16-17,19-24,26-29,38,41,56H,8-9,14-15,18,25,30-33,54-55H2,1-7H3. The third-order valence-corrected chi connectivity index (χ3v) is 12.0. The van der Waals surface area contributed by atoms with Crippen LogP contribution in [0.5, 0.6) is 11.5 Å². The number of hydrogen-bond donors (Lipinski definition) is 3. The second kappa shape index (κ2) is 21.0. The van der Waals surface area contributed by atoms with E-state index in [1.54, 1.807) is 45.0 Å². The average molecular weight is 889 g/mol. The van der Waals surface area contributed by atoms with E-state index in [1.807, 2.05) is 100 Å². The topological polar surface area (TPSA) is 187 Å². The van der Waals surface area contributed by atoms with Gasteiger partial charge in [-0.2, -0.15) is 0 Å². The van der Waals surface area contributed by atoms with Crippen molar-refractivity contribution in [1.29, 1.82) is 0 Å². The van der Waals surface area contributed by atoms with Crippen LogP contribution in [0.2, 0.25) is 0 Å². The maximum absolute atomic E-state index is 13.2. The van der Waals surface area contributed by atoms with Gasteiger partial charge in [0.2, 0.25) is 0 Å². The molecule has 0 aliphatic rings. The number of carbonyl (C=O) groups is 1. The van der Waals surface area contributed by atoms with E-state index in [0.29, 0.717) is 59.5 Å². The number of aliphatic hydroxyl groups excluding tert-OH is 1. The predicted octanol–water partition coefficient (Wildman–Crippen LogP) is 9.15. The van der Waals surface area contributed by atoms with Gasteiger partial charge in [-0.25, -0.2) is 9.59 Å². The summed E-state index contributed by atoms with van der Waals surface area (Å²) in [5.41, 5.74) is 14.9.